The maximum Gasteiger partial charge on any atom is 0.230 e. The van der Waals surface area contributed by atoms with Crippen LogP contribution in [0.5, 0.6) is 5.75 Å². The number of amides is 1. The first kappa shape index (κ1) is 29.2. The van der Waals surface area contributed by atoms with Crippen molar-refractivity contribution < 1.29 is 34.5 Å². The van der Waals surface area contributed by atoms with Crippen LogP contribution in [0.1, 0.15) is 54.6 Å². The van der Waals surface area contributed by atoms with Crippen molar-refractivity contribution in [1.82, 2.24) is 4.90 Å². The van der Waals surface area contributed by atoms with Crippen LogP contribution in [0, 0.1) is 29.6 Å². The van der Waals surface area contributed by atoms with Crippen molar-refractivity contribution in [3.63, 3.8) is 0 Å². The van der Waals surface area contributed by atoms with Gasteiger partial charge in [0.15, 0.2) is 23.0 Å². The summed E-state index contributed by atoms with van der Waals surface area (Å²) in [5.41, 5.74) is 4.88. The van der Waals surface area contributed by atoms with E-state index in [1.54, 1.807) is 19.0 Å². The Hall–Kier alpha value is -2.82. The third kappa shape index (κ3) is 4.28. The van der Waals surface area contributed by atoms with Crippen LogP contribution in [0.15, 0.2) is 6.07 Å². The highest BCUT2D eigenvalue weighted by Gasteiger charge is 2.69. The standard InChI is InChI=1S/C29H41N3O7/c1-7-13(8-2)9-15-12-18(31(3)4)16-10-14-11-17-22(32(5)6)25(35)21(28(30)38)27(37)29(17,39)26(36)19(14)24(34)20(16)23(15)33/h12-14,17,19,21-22,25,33,35,39H,7-11H2,1-6H3,(H2,30,38)/t14-,17-,19?,21+,22-,25?,29-/m0/s1. The lowest BCUT2D eigenvalue weighted by atomic mass is 9.52. The number of nitrogens with zero attached hydrogens (tertiary/aromatic N) is 2. The highest BCUT2D eigenvalue weighted by molar-refractivity contribution is 6.25. The molecule has 2 saturated carbocycles. The summed E-state index contributed by atoms with van der Waals surface area (Å²) in [6.45, 7) is 4.14. The quantitative estimate of drug-likeness (QED) is 0.363. The summed E-state index contributed by atoms with van der Waals surface area (Å²) >= 11 is 0. The minimum absolute atomic E-state index is 0.0673. The fourth-order valence-electron chi connectivity index (χ4n) is 7.37. The number of benzene rings is 1. The molecule has 0 saturated heterocycles. The molecule has 0 heterocycles. The Balaban J connectivity index is 1.87. The van der Waals surface area contributed by atoms with Gasteiger partial charge in [0.25, 0.3) is 0 Å². The highest BCUT2D eigenvalue weighted by Crippen LogP contribution is 2.53. The molecule has 0 aliphatic heterocycles. The number of likely N-dealkylation sites (N-methyl/N-ethyl adjacent to an activating group) is 1. The molecule has 3 aliphatic rings. The van der Waals surface area contributed by atoms with Crippen molar-refractivity contribution in [2.24, 2.45) is 35.3 Å². The molecule has 0 radical (unpaired) electrons. The second-order valence-electron chi connectivity index (χ2n) is 12.0. The first-order valence-corrected chi connectivity index (χ1v) is 13.8. The Morgan fingerprint density at radius 1 is 1.13 bits per heavy atom. The van der Waals surface area contributed by atoms with Gasteiger partial charge in [0.1, 0.15) is 11.7 Å². The van der Waals surface area contributed by atoms with Crippen LogP contribution < -0.4 is 10.6 Å². The maximum absolute atomic E-state index is 14.1. The van der Waals surface area contributed by atoms with Crippen LogP contribution in [0.3, 0.4) is 0 Å². The monoisotopic (exact) mass is 543 g/mol. The number of fused-ring (bicyclic) bond motifs is 3. The molecule has 1 aromatic rings. The number of phenols is 1. The van der Waals surface area contributed by atoms with Crippen molar-refractivity contribution in [1.29, 1.82) is 0 Å². The van der Waals surface area contributed by atoms with Crippen molar-refractivity contribution in [2.45, 2.75) is 63.7 Å². The molecule has 0 aromatic heterocycles. The number of hydrogen-bond donors (Lipinski definition) is 4. The van der Waals surface area contributed by atoms with Crippen molar-refractivity contribution in [3.05, 3.63) is 22.8 Å². The second kappa shape index (κ2) is 10.3. The summed E-state index contributed by atoms with van der Waals surface area (Å²) in [6, 6.07) is 0.991. The van der Waals surface area contributed by atoms with Gasteiger partial charge in [-0.2, -0.15) is 0 Å². The van der Waals surface area contributed by atoms with Gasteiger partial charge < -0.3 is 30.9 Å². The Kier molecular flexibility index (Phi) is 7.70. The number of ketones is 3. The minimum atomic E-state index is -2.66. The molecule has 1 amide bonds. The largest absolute Gasteiger partial charge is 0.507 e. The second-order valence-corrected chi connectivity index (χ2v) is 12.0. The number of aliphatic hydroxyl groups excluding tert-OH is 1. The average molecular weight is 544 g/mol. The first-order valence-electron chi connectivity index (χ1n) is 13.8. The molecule has 10 nitrogen and oxygen atoms in total. The van der Waals surface area contributed by atoms with E-state index in [-0.39, 0.29) is 24.2 Å². The minimum Gasteiger partial charge on any atom is -0.507 e. The van der Waals surface area contributed by atoms with Gasteiger partial charge in [-0.3, -0.25) is 19.2 Å². The Morgan fingerprint density at radius 2 is 1.74 bits per heavy atom. The van der Waals surface area contributed by atoms with E-state index in [1.165, 1.54) is 0 Å². The van der Waals surface area contributed by atoms with Crippen molar-refractivity contribution in [2.75, 3.05) is 33.1 Å². The molecule has 2 unspecified atom stereocenters. The third-order valence-electron chi connectivity index (χ3n) is 9.49. The van der Waals surface area contributed by atoms with Crippen LogP contribution in [0.25, 0.3) is 0 Å². The smallest absolute Gasteiger partial charge is 0.230 e. The number of primary amides is 1. The lowest BCUT2D eigenvalue weighted by molar-refractivity contribution is -0.190. The molecule has 0 spiro atoms. The zero-order valence-corrected chi connectivity index (χ0v) is 23.6. The van der Waals surface area contributed by atoms with E-state index in [0.29, 0.717) is 23.5 Å². The number of aliphatic hydroxyl groups is 2. The van der Waals surface area contributed by atoms with E-state index in [0.717, 1.165) is 18.5 Å². The lowest BCUT2D eigenvalue weighted by Crippen LogP contribution is -2.75. The summed E-state index contributed by atoms with van der Waals surface area (Å²) in [7, 11) is 6.97. The topological polar surface area (TPSA) is 161 Å². The highest BCUT2D eigenvalue weighted by atomic mass is 16.3. The van der Waals surface area contributed by atoms with Gasteiger partial charge in [-0.15, -0.1) is 0 Å². The summed E-state index contributed by atoms with van der Waals surface area (Å²) in [5.74, 6) is -8.50. The van der Waals surface area contributed by atoms with Crippen LogP contribution in [0.2, 0.25) is 0 Å². The van der Waals surface area contributed by atoms with Crippen LogP contribution in [-0.2, 0) is 27.2 Å². The zero-order chi connectivity index (χ0) is 29.1. The van der Waals surface area contributed by atoms with E-state index in [2.05, 4.69) is 13.8 Å². The van der Waals surface area contributed by atoms with Crippen LogP contribution >= 0.6 is 0 Å². The van der Waals surface area contributed by atoms with Gasteiger partial charge in [0.2, 0.25) is 5.91 Å². The summed E-state index contributed by atoms with van der Waals surface area (Å²) < 4.78 is 0. The van der Waals surface area contributed by atoms with Crippen LogP contribution in [0.4, 0.5) is 5.69 Å². The molecule has 214 valence electrons. The summed E-state index contributed by atoms with van der Waals surface area (Å²) in [6.07, 6.45) is 1.23. The van der Waals surface area contributed by atoms with Gasteiger partial charge in [-0.05, 0) is 62.4 Å². The number of carbonyl (C=O) groups is 4. The normalized spacial score (nSPS) is 32.2. The fourth-order valence-corrected chi connectivity index (χ4v) is 7.37. The molecule has 4 rings (SSSR count). The SMILES string of the molecule is CCC(CC)Cc1cc(N(C)C)c2c(c1O)C(=O)C1C(=O)[C@]3(O)C(=O)[C@H](C(N)=O)C(O)[C@@H](N(C)C)[C@@H]3C[C@@H]1C2. The number of nitrogens with two attached hydrogens (primary N) is 1. The predicted molar refractivity (Wildman–Crippen MR) is 144 cm³/mol. The maximum atomic E-state index is 14.1. The number of hydrogen-bond acceptors (Lipinski definition) is 9. The molecule has 1 aromatic carbocycles. The van der Waals surface area contributed by atoms with Gasteiger partial charge >= 0.3 is 0 Å². The first-order chi connectivity index (χ1) is 18.2. The Bertz CT molecular complexity index is 1210. The molecular formula is C29H41N3O7. The predicted octanol–water partition coefficient (Wildman–Crippen LogP) is 0.704. The fraction of sp³-hybridized carbons (Fsp3) is 0.655. The molecule has 3 aliphatic carbocycles. The van der Waals surface area contributed by atoms with E-state index < -0.39 is 64.7 Å². The number of rotatable bonds is 7. The Labute approximate surface area is 229 Å². The number of phenolic OH excluding ortho intramolecular Hbond substituents is 1. The van der Waals surface area contributed by atoms with Gasteiger partial charge in [0, 0.05) is 31.7 Å². The Morgan fingerprint density at radius 3 is 2.26 bits per heavy atom. The molecule has 7 atom stereocenters. The number of Topliss-reactive ketones (excluding diaryl/α,β-unsaturated/α-hetero) is 3. The molecule has 2 fully saturated rings. The van der Waals surface area contributed by atoms with Gasteiger partial charge in [-0.1, -0.05) is 26.7 Å². The van der Waals surface area contributed by atoms with E-state index in [4.69, 9.17) is 5.73 Å². The summed E-state index contributed by atoms with van der Waals surface area (Å²) in [4.78, 5) is 57.3. The number of anilines is 1. The molecule has 5 N–H and O–H groups in total. The van der Waals surface area contributed by atoms with E-state index in [1.807, 2.05) is 25.1 Å². The molecular weight excluding hydrogens is 502 g/mol. The van der Waals surface area contributed by atoms with Gasteiger partial charge in [0.05, 0.1) is 17.6 Å². The van der Waals surface area contributed by atoms with Crippen molar-refractivity contribution >= 4 is 28.9 Å². The van der Waals surface area contributed by atoms with E-state index >= 15 is 0 Å². The summed E-state index contributed by atoms with van der Waals surface area (Å²) in [5, 5.41) is 34.1. The van der Waals surface area contributed by atoms with Crippen molar-refractivity contribution in [3.8, 4) is 5.75 Å². The molecule has 0 bridgehead atoms. The average Bonchev–Trinajstić information content (AvgIpc) is 2.85. The van der Waals surface area contributed by atoms with Gasteiger partial charge in [-0.25, -0.2) is 0 Å². The lowest BCUT2D eigenvalue weighted by Gasteiger charge is -2.55. The zero-order valence-electron chi connectivity index (χ0n) is 23.6. The van der Waals surface area contributed by atoms with Crippen LogP contribution in [-0.4, -0.2) is 89.4 Å². The molecule has 10 heteroatoms. The molecule has 39 heavy (non-hydrogen) atoms. The third-order valence-corrected chi connectivity index (χ3v) is 9.49. The number of carbonyl (C=O) groups excluding carboxylic acids is 4. The number of aromatic hydroxyl groups is 1. The van der Waals surface area contributed by atoms with E-state index in [9.17, 15) is 34.5 Å².